The molecule has 150 valence electrons. The van der Waals surface area contributed by atoms with Crippen molar-refractivity contribution in [2.45, 2.75) is 103 Å². The van der Waals surface area contributed by atoms with Crippen molar-refractivity contribution in [1.29, 1.82) is 0 Å². The predicted molar refractivity (Wildman–Crippen MR) is 105 cm³/mol. The molecule has 0 aromatic heterocycles. The van der Waals surface area contributed by atoms with E-state index >= 15 is 0 Å². The quantitative estimate of drug-likeness (QED) is 0.397. The van der Waals surface area contributed by atoms with E-state index in [2.05, 4.69) is 0 Å². The largest absolute Gasteiger partial charge is 0.469 e. The number of hydrogen-bond acceptors (Lipinski definition) is 4. The summed E-state index contributed by atoms with van der Waals surface area (Å²) in [4.78, 5) is 22.9. The molecule has 26 heavy (non-hydrogen) atoms. The van der Waals surface area contributed by atoms with Gasteiger partial charge in [0.05, 0.1) is 14.2 Å². The molecule has 0 aliphatic heterocycles. The molecule has 0 radical (unpaired) electrons. The van der Waals surface area contributed by atoms with Gasteiger partial charge in [0, 0.05) is 12.8 Å². The second kappa shape index (κ2) is 14.8. The Bertz CT molecular complexity index is 399. The molecule has 1 aliphatic rings. The molecule has 0 spiro atoms. The van der Waals surface area contributed by atoms with Crippen LogP contribution in [0.2, 0.25) is 0 Å². The molecule has 0 amide bonds. The van der Waals surface area contributed by atoms with Crippen molar-refractivity contribution in [3.63, 3.8) is 0 Å². The molecule has 0 fully saturated rings. The molecule has 0 N–H and O–H groups in total. The van der Waals surface area contributed by atoms with Crippen LogP contribution in [0.25, 0.3) is 0 Å². The fourth-order valence-corrected chi connectivity index (χ4v) is 3.79. The molecule has 0 saturated heterocycles. The molecule has 0 bridgehead atoms. The summed E-state index contributed by atoms with van der Waals surface area (Å²) in [7, 11) is 2.91. The first-order chi connectivity index (χ1) is 12.7. The average Bonchev–Trinajstić information content (AvgIpc) is 2.64. The molecule has 0 heterocycles. The second-order valence-electron chi connectivity index (χ2n) is 7.39. The Balaban J connectivity index is 2.72. The third-order valence-corrected chi connectivity index (χ3v) is 5.38. The molecule has 4 heteroatoms. The lowest BCUT2D eigenvalue weighted by Crippen LogP contribution is -2.03. The van der Waals surface area contributed by atoms with Crippen molar-refractivity contribution >= 4 is 11.9 Å². The minimum absolute atomic E-state index is 0.119. The predicted octanol–water partition coefficient (Wildman–Crippen LogP) is 5.88. The summed E-state index contributed by atoms with van der Waals surface area (Å²) in [6, 6.07) is 0. The van der Waals surface area contributed by atoms with Crippen LogP contribution in [0.3, 0.4) is 0 Å². The van der Waals surface area contributed by atoms with E-state index < -0.39 is 0 Å². The summed E-state index contributed by atoms with van der Waals surface area (Å²) in [5.41, 5.74) is 3.08. The van der Waals surface area contributed by atoms with Gasteiger partial charge in [0.25, 0.3) is 0 Å². The van der Waals surface area contributed by atoms with E-state index in [1.165, 1.54) is 65.6 Å². The van der Waals surface area contributed by atoms with E-state index in [0.29, 0.717) is 12.8 Å². The molecule has 4 nitrogen and oxygen atoms in total. The Kier molecular flexibility index (Phi) is 12.9. The highest BCUT2D eigenvalue weighted by molar-refractivity contribution is 5.69. The van der Waals surface area contributed by atoms with Crippen molar-refractivity contribution in [1.82, 2.24) is 0 Å². The molecule has 0 saturated carbocycles. The Morgan fingerprint density at radius 1 is 0.654 bits per heavy atom. The number of esters is 2. The van der Waals surface area contributed by atoms with Crippen molar-refractivity contribution < 1.29 is 19.1 Å². The average molecular weight is 367 g/mol. The fraction of sp³-hybridized carbons (Fsp3) is 0.818. The lowest BCUT2D eigenvalue weighted by molar-refractivity contribution is -0.141. The fourth-order valence-electron chi connectivity index (χ4n) is 3.79. The molecule has 0 atom stereocenters. The molecule has 1 rings (SSSR count). The second-order valence-corrected chi connectivity index (χ2v) is 7.39. The topological polar surface area (TPSA) is 52.6 Å². The van der Waals surface area contributed by atoms with Crippen molar-refractivity contribution in [2.24, 2.45) is 0 Å². The van der Waals surface area contributed by atoms with Crippen molar-refractivity contribution in [3.8, 4) is 0 Å². The molecule has 1 aliphatic carbocycles. The summed E-state index contributed by atoms with van der Waals surface area (Å²) in [5, 5.41) is 0. The normalized spacial score (nSPS) is 17.2. The summed E-state index contributed by atoms with van der Waals surface area (Å²) in [6.45, 7) is 0. The van der Waals surface area contributed by atoms with Gasteiger partial charge in [-0.3, -0.25) is 9.59 Å². The Morgan fingerprint density at radius 3 is 1.35 bits per heavy atom. The van der Waals surface area contributed by atoms with Gasteiger partial charge in [0.1, 0.15) is 0 Å². The molecule has 0 unspecified atom stereocenters. The zero-order chi connectivity index (χ0) is 19.0. The van der Waals surface area contributed by atoms with E-state index in [1.807, 2.05) is 0 Å². The number of hydrogen-bond donors (Lipinski definition) is 0. The van der Waals surface area contributed by atoms with Gasteiger partial charge in [0.2, 0.25) is 0 Å². The van der Waals surface area contributed by atoms with Crippen LogP contribution in [0.1, 0.15) is 103 Å². The van der Waals surface area contributed by atoms with Crippen LogP contribution >= 0.6 is 0 Å². The van der Waals surface area contributed by atoms with Crippen LogP contribution in [0.5, 0.6) is 0 Å². The standard InChI is InChI=1S/C22H38O4/c1-25-21(23)17-11-15-19-13-9-7-5-3-4-6-8-10-14-20(19)16-12-18-22(24)26-2/h3-18H2,1-2H3. The summed E-state index contributed by atoms with van der Waals surface area (Å²) < 4.78 is 9.55. The summed E-state index contributed by atoms with van der Waals surface area (Å²) in [6.07, 6.45) is 17.5. The minimum Gasteiger partial charge on any atom is -0.469 e. The Labute approximate surface area is 159 Å². The Hall–Kier alpha value is -1.32. The van der Waals surface area contributed by atoms with Gasteiger partial charge in [0.15, 0.2) is 0 Å². The van der Waals surface area contributed by atoms with Crippen LogP contribution in [0.4, 0.5) is 0 Å². The molecular formula is C22H38O4. The highest BCUT2D eigenvalue weighted by atomic mass is 16.5. The van der Waals surface area contributed by atoms with Crippen molar-refractivity contribution in [2.75, 3.05) is 14.2 Å². The molecule has 0 aromatic carbocycles. The van der Waals surface area contributed by atoms with E-state index in [0.717, 1.165) is 38.5 Å². The number of rotatable bonds is 8. The van der Waals surface area contributed by atoms with Crippen molar-refractivity contribution in [3.05, 3.63) is 11.1 Å². The molecular weight excluding hydrogens is 328 g/mol. The number of methoxy groups -OCH3 is 2. The lowest BCUT2D eigenvalue weighted by atomic mass is 9.89. The smallest absolute Gasteiger partial charge is 0.305 e. The maximum absolute atomic E-state index is 11.4. The van der Waals surface area contributed by atoms with Crippen LogP contribution in [0.15, 0.2) is 11.1 Å². The number of allylic oxidation sites excluding steroid dienone is 2. The Morgan fingerprint density at radius 2 is 1.00 bits per heavy atom. The first-order valence-corrected chi connectivity index (χ1v) is 10.5. The first kappa shape index (κ1) is 22.7. The number of carbonyl (C=O) groups excluding carboxylic acids is 2. The number of carbonyl (C=O) groups is 2. The van der Waals surface area contributed by atoms with Gasteiger partial charge in [-0.2, -0.15) is 0 Å². The van der Waals surface area contributed by atoms with Gasteiger partial charge >= 0.3 is 11.9 Å². The zero-order valence-electron chi connectivity index (χ0n) is 16.9. The summed E-state index contributed by atoms with van der Waals surface area (Å²) >= 11 is 0. The monoisotopic (exact) mass is 366 g/mol. The molecule has 0 aromatic rings. The SMILES string of the molecule is COC(=O)CCCC1=C(CCCC(=O)OC)CCCCCCCCCC1. The third-order valence-electron chi connectivity index (χ3n) is 5.38. The zero-order valence-corrected chi connectivity index (χ0v) is 16.9. The van der Waals surface area contributed by atoms with E-state index in [-0.39, 0.29) is 11.9 Å². The number of ether oxygens (including phenoxy) is 2. The van der Waals surface area contributed by atoms with E-state index in [9.17, 15) is 9.59 Å². The highest BCUT2D eigenvalue weighted by Gasteiger charge is 2.11. The van der Waals surface area contributed by atoms with Crippen LogP contribution < -0.4 is 0 Å². The first-order valence-electron chi connectivity index (χ1n) is 10.5. The van der Waals surface area contributed by atoms with Gasteiger partial charge in [-0.25, -0.2) is 0 Å². The van der Waals surface area contributed by atoms with Gasteiger partial charge in [-0.05, 0) is 51.4 Å². The highest BCUT2D eigenvalue weighted by Crippen LogP contribution is 2.28. The van der Waals surface area contributed by atoms with Gasteiger partial charge in [-0.15, -0.1) is 0 Å². The minimum atomic E-state index is -0.119. The van der Waals surface area contributed by atoms with E-state index in [1.54, 1.807) is 11.1 Å². The van der Waals surface area contributed by atoms with Gasteiger partial charge in [-0.1, -0.05) is 49.7 Å². The third kappa shape index (κ3) is 10.6. The lowest BCUT2D eigenvalue weighted by Gasteiger charge is -2.17. The van der Waals surface area contributed by atoms with Crippen LogP contribution in [-0.4, -0.2) is 26.2 Å². The maximum Gasteiger partial charge on any atom is 0.305 e. The van der Waals surface area contributed by atoms with Gasteiger partial charge < -0.3 is 9.47 Å². The maximum atomic E-state index is 11.4. The summed E-state index contributed by atoms with van der Waals surface area (Å²) in [5.74, 6) is -0.239. The van der Waals surface area contributed by atoms with Crippen LogP contribution in [0, 0.1) is 0 Å². The van der Waals surface area contributed by atoms with E-state index in [4.69, 9.17) is 9.47 Å². The van der Waals surface area contributed by atoms with Crippen LogP contribution in [-0.2, 0) is 19.1 Å².